The normalized spacial score (nSPS) is 13.6. The van der Waals surface area contributed by atoms with Gasteiger partial charge in [-0.25, -0.2) is 0 Å². The van der Waals surface area contributed by atoms with Crippen molar-refractivity contribution < 1.29 is 14.9 Å². The molecule has 0 heterocycles. The lowest BCUT2D eigenvalue weighted by atomic mass is 10.00. The molecule has 0 aliphatic heterocycles. The number of carbonyl (C=O) groups excluding carboxylic acids is 2. The highest BCUT2D eigenvalue weighted by Crippen LogP contribution is 2.11. The molecule has 4 N–H and O–H groups in total. The van der Waals surface area contributed by atoms with E-state index >= 15 is 0 Å². The molecule has 0 radical (unpaired) electrons. The van der Waals surface area contributed by atoms with Crippen LogP contribution in [0.25, 0.3) is 0 Å². The van der Waals surface area contributed by atoms with Gasteiger partial charge in [0.15, 0.2) is 6.04 Å². The summed E-state index contributed by atoms with van der Waals surface area (Å²) in [6.45, 7) is 8.73. The maximum atomic E-state index is 12.7. The molecule has 2 atom stereocenters. The minimum Gasteiger partial charge on any atom is -0.339 e. The zero-order valence-electron chi connectivity index (χ0n) is 15.6. The van der Waals surface area contributed by atoms with Crippen molar-refractivity contribution in [2.45, 2.75) is 46.2 Å². The van der Waals surface area contributed by atoms with E-state index in [4.69, 9.17) is 11.6 Å². The highest BCUT2D eigenvalue weighted by atomic mass is 35.5. The Kier molecular flexibility index (Phi) is 9.53. The fourth-order valence-electron chi connectivity index (χ4n) is 2.65. The number of quaternary nitrogens is 1. The van der Waals surface area contributed by atoms with E-state index in [1.165, 1.54) is 0 Å². The van der Waals surface area contributed by atoms with Crippen LogP contribution in [0.5, 0.6) is 0 Å². The summed E-state index contributed by atoms with van der Waals surface area (Å²) in [5.41, 5.74) is 0.726. The van der Waals surface area contributed by atoms with E-state index < -0.39 is 6.04 Å². The second-order valence-electron chi connectivity index (χ2n) is 7.03. The molecule has 5 nitrogen and oxygen atoms in total. The third-order valence-corrected chi connectivity index (χ3v) is 4.15. The topological polar surface area (TPSA) is 74.8 Å². The summed E-state index contributed by atoms with van der Waals surface area (Å²) in [6.07, 6.45) is 0.588. The van der Waals surface area contributed by atoms with Crippen molar-refractivity contribution in [3.63, 3.8) is 0 Å². The number of hydrogen-bond acceptors (Lipinski definition) is 2. The summed E-state index contributed by atoms with van der Waals surface area (Å²) in [6, 6.07) is 8.47. The summed E-state index contributed by atoms with van der Waals surface area (Å²) in [7, 11) is 0. The second-order valence-corrected chi connectivity index (χ2v) is 7.41. The Balaban J connectivity index is 2.79. The minimum absolute atomic E-state index is 0.117. The summed E-state index contributed by atoms with van der Waals surface area (Å²) in [5, 5.41) is 7.75. The molecule has 0 spiro atoms. The van der Waals surface area contributed by atoms with Crippen LogP contribution in [0.1, 0.15) is 34.1 Å². The molecule has 0 saturated heterocycles. The number of para-hydroxylation sites is 1. The predicted molar refractivity (Wildman–Crippen MR) is 103 cm³/mol. The van der Waals surface area contributed by atoms with Gasteiger partial charge in [0.2, 0.25) is 5.91 Å². The van der Waals surface area contributed by atoms with Crippen LogP contribution in [0.15, 0.2) is 30.3 Å². The lowest BCUT2D eigenvalue weighted by molar-refractivity contribution is -0.678. The monoisotopic (exact) mass is 368 g/mol. The molecule has 25 heavy (non-hydrogen) atoms. The number of rotatable bonds is 10. The first-order chi connectivity index (χ1) is 11.8. The molecule has 0 fully saturated rings. The van der Waals surface area contributed by atoms with Crippen LogP contribution < -0.4 is 16.0 Å². The Bertz CT molecular complexity index is 535. The van der Waals surface area contributed by atoms with Gasteiger partial charge in [-0.2, -0.15) is 0 Å². The number of benzene rings is 1. The molecular weight excluding hydrogens is 338 g/mol. The van der Waals surface area contributed by atoms with Crippen LogP contribution in [0.3, 0.4) is 0 Å². The van der Waals surface area contributed by atoms with Crippen LogP contribution in [0.4, 0.5) is 5.69 Å². The first-order valence-electron chi connectivity index (χ1n) is 8.90. The van der Waals surface area contributed by atoms with Crippen molar-refractivity contribution in [2.24, 2.45) is 11.8 Å². The van der Waals surface area contributed by atoms with Gasteiger partial charge < -0.3 is 16.0 Å². The van der Waals surface area contributed by atoms with Crippen molar-refractivity contribution in [3.8, 4) is 0 Å². The lowest BCUT2D eigenvalue weighted by Crippen LogP contribution is -2.94. The van der Waals surface area contributed by atoms with Crippen LogP contribution in [-0.2, 0) is 9.59 Å². The van der Waals surface area contributed by atoms with Crippen LogP contribution in [0.2, 0.25) is 0 Å². The first kappa shape index (κ1) is 21.5. The Morgan fingerprint density at radius 1 is 1.08 bits per heavy atom. The minimum atomic E-state index is -0.557. The first-order valence-corrected chi connectivity index (χ1v) is 9.44. The fourth-order valence-corrected chi connectivity index (χ4v) is 2.77. The van der Waals surface area contributed by atoms with E-state index in [1.54, 1.807) is 0 Å². The van der Waals surface area contributed by atoms with Crippen LogP contribution >= 0.6 is 11.6 Å². The quantitative estimate of drug-likeness (QED) is 0.552. The van der Waals surface area contributed by atoms with Gasteiger partial charge in [0, 0.05) is 11.6 Å². The third-order valence-electron chi connectivity index (χ3n) is 3.93. The number of nitrogens with two attached hydrogens (primary N) is 1. The van der Waals surface area contributed by atoms with E-state index in [9.17, 15) is 9.59 Å². The second kappa shape index (κ2) is 11.1. The van der Waals surface area contributed by atoms with Crippen molar-refractivity contribution in [1.82, 2.24) is 5.32 Å². The van der Waals surface area contributed by atoms with Crippen molar-refractivity contribution in [1.29, 1.82) is 0 Å². The van der Waals surface area contributed by atoms with Crippen molar-refractivity contribution in [2.75, 3.05) is 17.7 Å². The number of anilines is 1. The fraction of sp³-hybridized carbons (Fsp3) is 0.579. The van der Waals surface area contributed by atoms with Crippen LogP contribution in [0, 0.1) is 11.8 Å². The van der Waals surface area contributed by atoms with Gasteiger partial charge in [-0.3, -0.25) is 9.59 Å². The predicted octanol–water partition coefficient (Wildman–Crippen LogP) is 1.98. The standard InChI is InChI=1S/C19H30ClN3O2/c1-13(2)12-16(18(24)22-15-8-6-5-7-9-15)23-19(25)17(14(3)4)21-11-10-20/h5-9,13-14,16-17,21H,10-12H2,1-4H3,(H,22,24)(H,23,25)/p+1/t16-,17-/m0/s1. The van der Waals surface area contributed by atoms with E-state index in [1.807, 2.05) is 63.3 Å². The summed E-state index contributed by atoms with van der Waals surface area (Å²) in [5.74, 6) is 0.624. The molecule has 0 unspecified atom stereocenters. The lowest BCUT2D eigenvalue weighted by Gasteiger charge is -2.24. The number of hydrogen-bond donors (Lipinski definition) is 3. The average Bonchev–Trinajstić information content (AvgIpc) is 2.54. The van der Waals surface area contributed by atoms with Gasteiger partial charge in [-0.1, -0.05) is 45.9 Å². The maximum Gasteiger partial charge on any atom is 0.279 e. The van der Waals surface area contributed by atoms with Crippen molar-refractivity contribution >= 4 is 29.1 Å². The zero-order valence-corrected chi connectivity index (χ0v) is 16.3. The van der Waals surface area contributed by atoms with Crippen LogP contribution in [-0.4, -0.2) is 36.3 Å². The number of alkyl halides is 1. The summed E-state index contributed by atoms with van der Waals surface area (Å²) < 4.78 is 0. The van der Waals surface area contributed by atoms with E-state index in [0.29, 0.717) is 18.8 Å². The Labute approximate surface area is 155 Å². The Morgan fingerprint density at radius 2 is 1.72 bits per heavy atom. The summed E-state index contributed by atoms with van der Waals surface area (Å²) in [4.78, 5) is 25.3. The molecule has 0 aliphatic carbocycles. The molecule has 0 bridgehead atoms. The molecule has 1 rings (SSSR count). The van der Waals surface area contributed by atoms with Gasteiger partial charge >= 0.3 is 0 Å². The van der Waals surface area contributed by atoms with E-state index in [0.717, 1.165) is 5.69 Å². The summed E-state index contributed by atoms with van der Waals surface area (Å²) >= 11 is 5.74. The number of nitrogens with one attached hydrogen (secondary N) is 2. The Morgan fingerprint density at radius 3 is 2.24 bits per heavy atom. The SMILES string of the molecule is CC(C)C[C@H](NC(=O)[C@@H]([NH2+]CCCl)C(C)C)C(=O)Nc1ccccc1. The molecule has 1 aromatic rings. The molecule has 0 saturated carbocycles. The molecule has 0 aromatic heterocycles. The van der Waals surface area contributed by atoms with Crippen molar-refractivity contribution in [3.05, 3.63) is 30.3 Å². The van der Waals surface area contributed by atoms with E-state index in [-0.39, 0.29) is 29.7 Å². The number of halogens is 1. The zero-order chi connectivity index (χ0) is 18.8. The van der Waals surface area contributed by atoms with Gasteiger partial charge in [0.05, 0.1) is 12.4 Å². The van der Waals surface area contributed by atoms with Gasteiger partial charge in [0.25, 0.3) is 5.91 Å². The molecule has 2 amide bonds. The highest BCUT2D eigenvalue weighted by Gasteiger charge is 2.30. The molecular formula is C19H31ClN3O2+. The Hall–Kier alpha value is -1.59. The molecule has 140 valence electrons. The van der Waals surface area contributed by atoms with Gasteiger partial charge in [-0.05, 0) is 24.5 Å². The smallest absolute Gasteiger partial charge is 0.279 e. The molecule has 1 aromatic carbocycles. The number of carbonyl (C=O) groups is 2. The largest absolute Gasteiger partial charge is 0.339 e. The molecule has 0 aliphatic rings. The highest BCUT2D eigenvalue weighted by molar-refractivity contribution is 6.17. The van der Waals surface area contributed by atoms with Gasteiger partial charge in [-0.15, -0.1) is 11.6 Å². The maximum absolute atomic E-state index is 12.7. The average molecular weight is 369 g/mol. The van der Waals surface area contributed by atoms with E-state index in [2.05, 4.69) is 10.6 Å². The number of amides is 2. The third kappa shape index (κ3) is 7.88. The molecule has 6 heteroatoms. The van der Waals surface area contributed by atoms with Gasteiger partial charge in [0.1, 0.15) is 6.04 Å².